The number of carbonyl (C=O) groups is 1. The molecule has 0 fully saturated rings. The van der Waals surface area contributed by atoms with E-state index in [4.69, 9.17) is 15.6 Å². The van der Waals surface area contributed by atoms with Crippen molar-refractivity contribution in [3.8, 4) is 17.0 Å². The van der Waals surface area contributed by atoms with Crippen molar-refractivity contribution in [3.05, 3.63) is 29.3 Å². The van der Waals surface area contributed by atoms with Gasteiger partial charge < -0.3 is 15.6 Å². The molecule has 0 amide bonds. The van der Waals surface area contributed by atoms with E-state index in [1.807, 2.05) is 19.1 Å². The maximum Gasteiger partial charge on any atom is 0.156 e. The van der Waals surface area contributed by atoms with Crippen molar-refractivity contribution in [3.63, 3.8) is 0 Å². The average Bonchev–Trinajstić information content (AvgIpc) is 2.75. The van der Waals surface area contributed by atoms with Gasteiger partial charge in [-0.15, -0.1) is 0 Å². The lowest BCUT2D eigenvalue weighted by atomic mass is 10.0. The van der Waals surface area contributed by atoms with Gasteiger partial charge >= 0.3 is 0 Å². The molecule has 20 heavy (non-hydrogen) atoms. The number of nitrogens with zero attached hydrogens (tertiary/aromatic N) is 2. The molecule has 2 rings (SSSR count). The van der Waals surface area contributed by atoms with Gasteiger partial charge in [-0.1, -0.05) is 0 Å². The summed E-state index contributed by atoms with van der Waals surface area (Å²) in [5, 5.41) is 13.3. The van der Waals surface area contributed by atoms with Gasteiger partial charge in [0.2, 0.25) is 0 Å². The molecule has 0 radical (unpaired) electrons. The molecule has 1 heterocycles. The molecule has 0 aliphatic rings. The SMILES string of the molecule is COc1ccc(-c2nn(CCO)c(N)c2C=O)c(C)c1. The highest BCUT2D eigenvalue weighted by molar-refractivity contribution is 5.92. The van der Waals surface area contributed by atoms with E-state index in [2.05, 4.69) is 5.10 Å². The maximum absolute atomic E-state index is 11.3. The molecule has 0 aliphatic carbocycles. The van der Waals surface area contributed by atoms with E-state index in [0.29, 0.717) is 17.5 Å². The van der Waals surface area contributed by atoms with Crippen molar-refractivity contribution >= 4 is 12.1 Å². The Labute approximate surface area is 116 Å². The molecule has 0 spiro atoms. The molecule has 106 valence electrons. The second-order valence-corrected chi connectivity index (χ2v) is 4.39. The van der Waals surface area contributed by atoms with Crippen molar-refractivity contribution in [1.82, 2.24) is 9.78 Å². The first-order chi connectivity index (χ1) is 9.62. The predicted molar refractivity (Wildman–Crippen MR) is 75.8 cm³/mol. The fraction of sp³-hybridized carbons (Fsp3) is 0.286. The van der Waals surface area contributed by atoms with Gasteiger partial charge in [-0.25, -0.2) is 4.68 Å². The zero-order valence-electron chi connectivity index (χ0n) is 11.5. The number of aldehydes is 1. The topological polar surface area (TPSA) is 90.4 Å². The summed E-state index contributed by atoms with van der Waals surface area (Å²) in [5.74, 6) is 1.00. The van der Waals surface area contributed by atoms with Crippen molar-refractivity contribution in [2.45, 2.75) is 13.5 Å². The van der Waals surface area contributed by atoms with Crippen LogP contribution in [0.3, 0.4) is 0 Å². The highest BCUT2D eigenvalue weighted by Gasteiger charge is 2.18. The minimum atomic E-state index is -0.0921. The Bertz CT molecular complexity index is 635. The number of ether oxygens (including phenoxy) is 1. The van der Waals surface area contributed by atoms with E-state index in [1.54, 1.807) is 13.2 Å². The van der Waals surface area contributed by atoms with Crippen LogP contribution in [0.25, 0.3) is 11.3 Å². The third kappa shape index (κ3) is 2.37. The number of nitrogen functional groups attached to an aromatic ring is 1. The monoisotopic (exact) mass is 275 g/mol. The van der Waals surface area contributed by atoms with E-state index >= 15 is 0 Å². The number of hydrogen-bond donors (Lipinski definition) is 2. The fourth-order valence-electron chi connectivity index (χ4n) is 2.10. The summed E-state index contributed by atoms with van der Waals surface area (Å²) < 4.78 is 6.59. The van der Waals surface area contributed by atoms with Crippen LogP contribution in [0.2, 0.25) is 0 Å². The molecule has 0 unspecified atom stereocenters. The Kier molecular flexibility index (Phi) is 4.05. The van der Waals surface area contributed by atoms with Crippen molar-refractivity contribution in [1.29, 1.82) is 0 Å². The Balaban J connectivity index is 2.57. The van der Waals surface area contributed by atoms with E-state index in [1.165, 1.54) is 4.68 Å². The molecular formula is C14H17N3O3. The van der Waals surface area contributed by atoms with Crippen LogP contribution in [0, 0.1) is 6.92 Å². The molecule has 1 aromatic carbocycles. The minimum absolute atomic E-state index is 0.0921. The van der Waals surface area contributed by atoms with Gasteiger partial charge in [0.15, 0.2) is 6.29 Å². The van der Waals surface area contributed by atoms with Gasteiger partial charge in [-0.3, -0.25) is 4.79 Å². The largest absolute Gasteiger partial charge is 0.497 e. The first-order valence-electron chi connectivity index (χ1n) is 6.19. The number of nitrogens with two attached hydrogens (primary N) is 1. The highest BCUT2D eigenvalue weighted by Crippen LogP contribution is 2.30. The summed E-state index contributed by atoms with van der Waals surface area (Å²) in [5.41, 5.74) is 8.48. The molecule has 1 aromatic heterocycles. The predicted octanol–water partition coefficient (Wildman–Crippen LogP) is 1.25. The lowest BCUT2D eigenvalue weighted by Gasteiger charge is -2.06. The zero-order valence-corrected chi connectivity index (χ0v) is 11.5. The van der Waals surface area contributed by atoms with Crippen LogP contribution in [0.15, 0.2) is 18.2 Å². The van der Waals surface area contributed by atoms with Crippen LogP contribution in [-0.2, 0) is 6.54 Å². The maximum atomic E-state index is 11.3. The molecule has 0 bridgehead atoms. The first kappa shape index (κ1) is 14.1. The zero-order chi connectivity index (χ0) is 14.7. The van der Waals surface area contributed by atoms with Gasteiger partial charge in [-0.05, 0) is 30.7 Å². The Hall–Kier alpha value is -2.34. The van der Waals surface area contributed by atoms with Crippen LogP contribution < -0.4 is 10.5 Å². The third-order valence-corrected chi connectivity index (χ3v) is 3.15. The van der Waals surface area contributed by atoms with E-state index < -0.39 is 0 Å². The van der Waals surface area contributed by atoms with Crippen LogP contribution in [0.5, 0.6) is 5.75 Å². The van der Waals surface area contributed by atoms with Crippen LogP contribution in [-0.4, -0.2) is 34.9 Å². The molecule has 0 saturated carbocycles. The quantitative estimate of drug-likeness (QED) is 0.801. The molecule has 2 aromatic rings. The lowest BCUT2D eigenvalue weighted by molar-refractivity contribution is 0.112. The average molecular weight is 275 g/mol. The van der Waals surface area contributed by atoms with Gasteiger partial charge in [-0.2, -0.15) is 5.10 Å². The smallest absolute Gasteiger partial charge is 0.156 e. The summed E-state index contributed by atoms with van der Waals surface area (Å²) in [6, 6.07) is 5.51. The van der Waals surface area contributed by atoms with Gasteiger partial charge in [0.25, 0.3) is 0 Å². The highest BCUT2D eigenvalue weighted by atomic mass is 16.5. The Morgan fingerprint density at radius 3 is 2.80 bits per heavy atom. The van der Waals surface area contributed by atoms with E-state index in [-0.39, 0.29) is 19.0 Å². The van der Waals surface area contributed by atoms with Crippen LogP contribution in [0.4, 0.5) is 5.82 Å². The normalized spacial score (nSPS) is 10.6. The number of rotatable bonds is 5. The number of aromatic nitrogens is 2. The molecule has 0 aliphatic heterocycles. The molecular weight excluding hydrogens is 258 g/mol. The van der Waals surface area contributed by atoms with E-state index in [0.717, 1.165) is 16.9 Å². The Morgan fingerprint density at radius 1 is 1.50 bits per heavy atom. The standard InChI is InChI=1S/C14H17N3O3/c1-9-7-10(20-2)3-4-11(9)13-12(8-19)14(15)17(16-13)5-6-18/h3-4,7-8,18H,5-6,15H2,1-2H3. The number of carbonyl (C=O) groups excluding carboxylic acids is 1. The molecule has 0 atom stereocenters. The van der Waals surface area contributed by atoms with E-state index in [9.17, 15) is 4.79 Å². The van der Waals surface area contributed by atoms with Gasteiger partial charge in [0.05, 0.1) is 25.8 Å². The second-order valence-electron chi connectivity index (χ2n) is 4.39. The van der Waals surface area contributed by atoms with Gasteiger partial charge in [0, 0.05) is 5.56 Å². The van der Waals surface area contributed by atoms with Crippen molar-refractivity contribution in [2.75, 3.05) is 19.5 Å². The summed E-state index contributed by atoms with van der Waals surface area (Å²) in [4.78, 5) is 11.3. The van der Waals surface area contributed by atoms with Crippen molar-refractivity contribution < 1.29 is 14.6 Å². The van der Waals surface area contributed by atoms with Crippen LogP contribution in [0.1, 0.15) is 15.9 Å². The summed E-state index contributed by atoms with van der Waals surface area (Å²) in [7, 11) is 1.60. The van der Waals surface area contributed by atoms with Crippen LogP contribution >= 0.6 is 0 Å². The van der Waals surface area contributed by atoms with Gasteiger partial charge in [0.1, 0.15) is 17.3 Å². The minimum Gasteiger partial charge on any atom is -0.497 e. The number of benzene rings is 1. The number of hydrogen-bond acceptors (Lipinski definition) is 5. The number of aliphatic hydroxyl groups is 1. The molecule has 6 nitrogen and oxygen atoms in total. The summed E-state index contributed by atoms with van der Waals surface area (Å²) in [6.45, 7) is 2.07. The molecule has 3 N–H and O–H groups in total. The summed E-state index contributed by atoms with van der Waals surface area (Å²) >= 11 is 0. The Morgan fingerprint density at radius 2 is 2.25 bits per heavy atom. The summed E-state index contributed by atoms with van der Waals surface area (Å²) in [6.07, 6.45) is 0.690. The molecule has 6 heteroatoms. The number of aliphatic hydroxyl groups excluding tert-OH is 1. The molecule has 0 saturated heterocycles. The second kappa shape index (κ2) is 5.75. The first-order valence-corrected chi connectivity index (χ1v) is 6.19. The fourth-order valence-corrected chi connectivity index (χ4v) is 2.10. The lowest BCUT2D eigenvalue weighted by Crippen LogP contribution is -2.08. The number of anilines is 1. The number of aryl methyl sites for hydroxylation is 1. The van der Waals surface area contributed by atoms with Crippen molar-refractivity contribution in [2.24, 2.45) is 0 Å². The number of methoxy groups -OCH3 is 1. The third-order valence-electron chi connectivity index (χ3n) is 3.15.